The minimum Gasteiger partial charge on any atom is -0.479 e. The van der Waals surface area contributed by atoms with Gasteiger partial charge < -0.3 is 15.0 Å². The molecule has 0 aromatic heterocycles. The van der Waals surface area contributed by atoms with Crippen molar-refractivity contribution >= 4 is 17.5 Å². The van der Waals surface area contributed by atoms with Crippen molar-refractivity contribution in [3.8, 4) is 5.75 Å². The number of nitrogens with zero attached hydrogens (tertiary/aromatic N) is 1. The number of carbonyl (C=O) groups excluding carboxylic acids is 1. The Bertz CT molecular complexity index is 493. The number of piperazine rings is 1. The highest BCUT2D eigenvalue weighted by molar-refractivity contribution is 6.32. The van der Waals surface area contributed by atoms with E-state index in [1.54, 1.807) is 13.0 Å². The molecular formula is C15H21ClN2O2. The molecule has 0 aliphatic carbocycles. The van der Waals surface area contributed by atoms with Crippen molar-refractivity contribution in [3.63, 3.8) is 0 Å². The summed E-state index contributed by atoms with van der Waals surface area (Å²) >= 11 is 6.09. The van der Waals surface area contributed by atoms with Gasteiger partial charge in [0.2, 0.25) is 0 Å². The summed E-state index contributed by atoms with van der Waals surface area (Å²) in [5.74, 6) is 0.576. The molecule has 5 heteroatoms. The van der Waals surface area contributed by atoms with Crippen LogP contribution in [0.5, 0.6) is 5.75 Å². The van der Waals surface area contributed by atoms with E-state index in [2.05, 4.69) is 12.2 Å². The van der Waals surface area contributed by atoms with Gasteiger partial charge in [-0.15, -0.1) is 0 Å². The molecule has 1 aliphatic heterocycles. The summed E-state index contributed by atoms with van der Waals surface area (Å²) in [5, 5.41) is 3.85. The van der Waals surface area contributed by atoms with Gasteiger partial charge in [0.25, 0.3) is 5.91 Å². The second kappa shape index (κ2) is 6.46. The molecule has 2 atom stereocenters. The van der Waals surface area contributed by atoms with Crippen molar-refractivity contribution < 1.29 is 9.53 Å². The molecule has 0 radical (unpaired) electrons. The van der Waals surface area contributed by atoms with Crippen LogP contribution in [0.4, 0.5) is 0 Å². The van der Waals surface area contributed by atoms with Gasteiger partial charge in [0.05, 0.1) is 5.02 Å². The van der Waals surface area contributed by atoms with Crippen LogP contribution in [0.2, 0.25) is 5.02 Å². The Balaban J connectivity index is 2.01. The predicted octanol–water partition coefficient (Wildman–Crippen LogP) is 2.24. The van der Waals surface area contributed by atoms with Gasteiger partial charge in [0.15, 0.2) is 6.10 Å². The topological polar surface area (TPSA) is 41.6 Å². The van der Waals surface area contributed by atoms with Crippen LogP contribution in [0.3, 0.4) is 0 Å². The molecule has 1 saturated heterocycles. The lowest BCUT2D eigenvalue weighted by atomic mass is 10.2. The van der Waals surface area contributed by atoms with Crippen LogP contribution in [0.15, 0.2) is 18.2 Å². The first kappa shape index (κ1) is 15.1. The number of ether oxygens (including phenoxy) is 1. The number of amides is 1. The van der Waals surface area contributed by atoms with E-state index in [9.17, 15) is 4.79 Å². The monoisotopic (exact) mass is 296 g/mol. The van der Waals surface area contributed by atoms with Gasteiger partial charge in [-0.1, -0.05) is 17.7 Å². The summed E-state index contributed by atoms with van der Waals surface area (Å²) in [5.41, 5.74) is 1.06. The lowest BCUT2D eigenvalue weighted by Crippen LogP contribution is -2.54. The molecule has 110 valence electrons. The van der Waals surface area contributed by atoms with E-state index in [4.69, 9.17) is 16.3 Å². The smallest absolute Gasteiger partial charge is 0.263 e. The molecule has 1 aliphatic rings. The average Bonchev–Trinajstić information content (AvgIpc) is 2.42. The number of hydrogen-bond donors (Lipinski definition) is 1. The Morgan fingerprint density at radius 3 is 3.00 bits per heavy atom. The Morgan fingerprint density at radius 1 is 1.55 bits per heavy atom. The zero-order chi connectivity index (χ0) is 14.7. The average molecular weight is 297 g/mol. The zero-order valence-electron chi connectivity index (χ0n) is 12.1. The van der Waals surface area contributed by atoms with Gasteiger partial charge >= 0.3 is 0 Å². The van der Waals surface area contributed by atoms with E-state index in [-0.39, 0.29) is 5.91 Å². The fourth-order valence-electron chi connectivity index (χ4n) is 2.33. The summed E-state index contributed by atoms with van der Waals surface area (Å²) in [6.07, 6.45) is -0.528. The second-order valence-corrected chi connectivity index (χ2v) is 5.74. The highest BCUT2D eigenvalue weighted by Crippen LogP contribution is 2.26. The maximum Gasteiger partial charge on any atom is 0.263 e. The molecule has 0 bridgehead atoms. The fraction of sp³-hybridized carbons (Fsp3) is 0.533. The zero-order valence-corrected chi connectivity index (χ0v) is 12.9. The number of halogens is 1. The third-order valence-corrected chi connectivity index (χ3v) is 3.73. The van der Waals surface area contributed by atoms with Gasteiger partial charge in [-0.3, -0.25) is 4.79 Å². The number of nitrogens with one attached hydrogen (secondary N) is 1. The van der Waals surface area contributed by atoms with Gasteiger partial charge in [-0.2, -0.15) is 0 Å². The van der Waals surface area contributed by atoms with Crippen LogP contribution in [-0.2, 0) is 4.79 Å². The Hall–Kier alpha value is -1.26. The molecule has 0 spiro atoms. The van der Waals surface area contributed by atoms with Crippen molar-refractivity contribution in [1.82, 2.24) is 10.2 Å². The molecule has 2 unspecified atom stereocenters. The number of hydrogen-bond acceptors (Lipinski definition) is 3. The molecule has 1 aromatic carbocycles. The largest absolute Gasteiger partial charge is 0.479 e. The molecule has 1 aromatic rings. The molecule has 1 amide bonds. The van der Waals surface area contributed by atoms with E-state index in [0.717, 1.165) is 18.7 Å². The molecule has 2 rings (SSSR count). The molecule has 20 heavy (non-hydrogen) atoms. The molecule has 1 N–H and O–H groups in total. The number of rotatable bonds is 3. The van der Waals surface area contributed by atoms with Crippen LogP contribution >= 0.6 is 11.6 Å². The summed E-state index contributed by atoms with van der Waals surface area (Å²) in [4.78, 5) is 14.2. The third-order valence-electron chi connectivity index (χ3n) is 3.42. The van der Waals surface area contributed by atoms with Gasteiger partial charge in [0, 0.05) is 25.7 Å². The molecule has 4 nitrogen and oxygen atoms in total. The maximum atomic E-state index is 12.4. The Morgan fingerprint density at radius 2 is 2.30 bits per heavy atom. The minimum atomic E-state index is -0.528. The molecule has 0 saturated carbocycles. The molecule has 1 fully saturated rings. The van der Waals surface area contributed by atoms with E-state index in [1.165, 1.54) is 0 Å². The lowest BCUT2D eigenvalue weighted by Gasteiger charge is -2.33. The van der Waals surface area contributed by atoms with E-state index in [0.29, 0.717) is 23.4 Å². The quantitative estimate of drug-likeness (QED) is 0.930. The number of carbonyl (C=O) groups is 1. The summed E-state index contributed by atoms with van der Waals surface area (Å²) in [6.45, 7) is 8.07. The summed E-state index contributed by atoms with van der Waals surface area (Å²) in [7, 11) is 0. The lowest BCUT2D eigenvalue weighted by molar-refractivity contribution is -0.139. The van der Waals surface area contributed by atoms with Gasteiger partial charge in [-0.25, -0.2) is 0 Å². The van der Waals surface area contributed by atoms with Crippen molar-refractivity contribution in [3.05, 3.63) is 28.8 Å². The summed E-state index contributed by atoms with van der Waals surface area (Å²) < 4.78 is 5.73. The van der Waals surface area contributed by atoms with E-state index in [1.807, 2.05) is 24.0 Å². The highest BCUT2D eigenvalue weighted by Gasteiger charge is 2.26. The maximum absolute atomic E-state index is 12.4. The minimum absolute atomic E-state index is 0.0101. The third kappa shape index (κ3) is 3.64. The van der Waals surface area contributed by atoms with Crippen molar-refractivity contribution in [2.45, 2.75) is 32.9 Å². The number of aryl methyl sites for hydroxylation is 1. The first-order valence-corrected chi connectivity index (χ1v) is 7.30. The first-order valence-electron chi connectivity index (χ1n) is 6.92. The molecule has 1 heterocycles. The van der Waals surface area contributed by atoms with Crippen molar-refractivity contribution in [2.24, 2.45) is 0 Å². The fourth-order valence-corrected chi connectivity index (χ4v) is 2.49. The number of benzene rings is 1. The van der Waals surface area contributed by atoms with Crippen LogP contribution in [0, 0.1) is 6.92 Å². The van der Waals surface area contributed by atoms with E-state index >= 15 is 0 Å². The van der Waals surface area contributed by atoms with Crippen LogP contribution in [-0.4, -0.2) is 42.6 Å². The van der Waals surface area contributed by atoms with E-state index < -0.39 is 6.10 Å². The highest BCUT2D eigenvalue weighted by atomic mass is 35.5. The SMILES string of the molecule is Cc1ccc(Cl)c(OC(C)C(=O)N2CCNC(C)C2)c1. The normalized spacial score (nSPS) is 20.6. The van der Waals surface area contributed by atoms with Crippen LogP contribution in [0.1, 0.15) is 19.4 Å². The Kier molecular flexibility index (Phi) is 4.89. The second-order valence-electron chi connectivity index (χ2n) is 5.33. The summed E-state index contributed by atoms with van der Waals surface area (Å²) in [6, 6.07) is 5.88. The van der Waals surface area contributed by atoms with Gasteiger partial charge in [-0.05, 0) is 38.5 Å². The van der Waals surface area contributed by atoms with Gasteiger partial charge in [0.1, 0.15) is 5.75 Å². The van der Waals surface area contributed by atoms with Crippen molar-refractivity contribution in [2.75, 3.05) is 19.6 Å². The Labute approximate surface area is 125 Å². The van der Waals surface area contributed by atoms with Crippen LogP contribution in [0.25, 0.3) is 0 Å². The van der Waals surface area contributed by atoms with Crippen LogP contribution < -0.4 is 10.1 Å². The molecular weight excluding hydrogens is 276 g/mol. The van der Waals surface area contributed by atoms with Crippen molar-refractivity contribution in [1.29, 1.82) is 0 Å². The standard InChI is InChI=1S/C15H21ClN2O2/c1-10-4-5-13(16)14(8-10)20-12(3)15(19)18-7-6-17-11(2)9-18/h4-5,8,11-12,17H,6-7,9H2,1-3H3. The predicted molar refractivity (Wildman–Crippen MR) is 80.3 cm³/mol. The first-order chi connectivity index (χ1) is 9.47.